The molecule has 0 aromatic rings. The van der Waals surface area contributed by atoms with E-state index in [1.54, 1.807) is 0 Å². The number of allylic oxidation sites excluding steroid dienone is 3. The second kappa shape index (κ2) is 4.14. The normalized spacial score (nSPS) is 19.4. The van der Waals surface area contributed by atoms with Gasteiger partial charge in [-0.25, -0.2) is 0 Å². The molecule has 0 saturated heterocycles. The van der Waals surface area contributed by atoms with E-state index in [0.717, 1.165) is 19.5 Å². The molecule has 0 atom stereocenters. The van der Waals surface area contributed by atoms with Gasteiger partial charge in [0, 0.05) is 6.54 Å². The van der Waals surface area contributed by atoms with Crippen LogP contribution in [0.15, 0.2) is 36.0 Å². The molecule has 1 rings (SSSR count). The summed E-state index contributed by atoms with van der Waals surface area (Å²) in [6.45, 7) is 7.96. The topological polar surface area (TPSA) is 12.0 Å². The Kier molecular flexibility index (Phi) is 3.12. The van der Waals surface area contributed by atoms with Crippen LogP contribution >= 0.6 is 0 Å². The Morgan fingerprint density at radius 2 is 2.36 bits per heavy atom. The molecule has 0 saturated carbocycles. The van der Waals surface area contributed by atoms with E-state index >= 15 is 0 Å². The third-order valence-corrected chi connectivity index (χ3v) is 1.94. The van der Waals surface area contributed by atoms with Crippen LogP contribution in [0.5, 0.6) is 0 Å². The maximum atomic E-state index is 3.65. The quantitative estimate of drug-likeness (QED) is 0.592. The molecule has 11 heavy (non-hydrogen) atoms. The second-order valence-corrected chi connectivity index (χ2v) is 2.83. The number of rotatable bonds is 2. The molecule has 0 bridgehead atoms. The fourth-order valence-electron chi connectivity index (χ4n) is 1.24. The zero-order valence-corrected chi connectivity index (χ0v) is 7.06. The van der Waals surface area contributed by atoms with E-state index in [2.05, 4.69) is 24.9 Å². The molecule has 0 radical (unpaired) electrons. The zero-order valence-electron chi connectivity index (χ0n) is 7.06. The molecule has 1 nitrogen and oxygen atoms in total. The summed E-state index contributed by atoms with van der Waals surface area (Å²) in [5.41, 5.74) is 2.91. The summed E-state index contributed by atoms with van der Waals surface area (Å²) in [5.74, 6) is 0. The molecule has 1 aliphatic heterocycles. The minimum atomic E-state index is 1.04. The van der Waals surface area contributed by atoms with Crippen molar-refractivity contribution in [2.45, 2.75) is 13.3 Å². The van der Waals surface area contributed by atoms with Gasteiger partial charge in [-0.2, -0.15) is 0 Å². The van der Waals surface area contributed by atoms with Crippen LogP contribution in [-0.2, 0) is 0 Å². The number of hydrogen-bond donors (Lipinski definition) is 1. The third-order valence-electron chi connectivity index (χ3n) is 1.94. The van der Waals surface area contributed by atoms with Gasteiger partial charge < -0.3 is 5.32 Å². The Morgan fingerprint density at radius 3 is 3.00 bits per heavy atom. The van der Waals surface area contributed by atoms with Crippen molar-refractivity contribution in [3.8, 4) is 0 Å². The Balaban J connectivity index is 2.66. The number of hydrogen-bond acceptors (Lipinski definition) is 1. The monoisotopic (exact) mass is 149 g/mol. The SMILES string of the molecule is C=C/C=C\C1=C(C)CNCC1. The summed E-state index contributed by atoms with van der Waals surface area (Å²) in [6.07, 6.45) is 7.13. The van der Waals surface area contributed by atoms with Crippen molar-refractivity contribution in [2.75, 3.05) is 13.1 Å². The molecule has 1 aliphatic rings. The Bertz CT molecular complexity index is 199. The Hall–Kier alpha value is -0.820. The van der Waals surface area contributed by atoms with Crippen LogP contribution in [0, 0.1) is 0 Å². The predicted octanol–water partition coefficient (Wildman–Crippen LogP) is 2.04. The van der Waals surface area contributed by atoms with Gasteiger partial charge in [0.25, 0.3) is 0 Å². The van der Waals surface area contributed by atoms with Gasteiger partial charge in [0.15, 0.2) is 0 Å². The van der Waals surface area contributed by atoms with Gasteiger partial charge in [-0.05, 0) is 25.5 Å². The highest BCUT2D eigenvalue weighted by Gasteiger charge is 2.03. The predicted molar refractivity (Wildman–Crippen MR) is 49.5 cm³/mol. The van der Waals surface area contributed by atoms with Crippen molar-refractivity contribution in [1.82, 2.24) is 5.32 Å². The van der Waals surface area contributed by atoms with Crippen LogP contribution in [0.25, 0.3) is 0 Å². The first-order chi connectivity index (χ1) is 5.34. The van der Waals surface area contributed by atoms with Crippen molar-refractivity contribution in [3.05, 3.63) is 36.0 Å². The van der Waals surface area contributed by atoms with Crippen LogP contribution < -0.4 is 5.32 Å². The van der Waals surface area contributed by atoms with Crippen LogP contribution in [0.3, 0.4) is 0 Å². The fourth-order valence-corrected chi connectivity index (χ4v) is 1.24. The van der Waals surface area contributed by atoms with E-state index in [1.165, 1.54) is 11.1 Å². The standard InChI is InChI=1S/C10H15N/c1-3-4-5-10-6-7-11-8-9(10)2/h3-5,11H,1,6-8H2,2H3/b5-4-. The molecule has 0 amide bonds. The highest BCUT2D eigenvalue weighted by molar-refractivity contribution is 5.29. The first-order valence-electron chi connectivity index (χ1n) is 4.03. The highest BCUT2D eigenvalue weighted by Crippen LogP contribution is 2.12. The number of nitrogens with one attached hydrogen (secondary N) is 1. The van der Waals surface area contributed by atoms with Crippen molar-refractivity contribution in [3.63, 3.8) is 0 Å². The van der Waals surface area contributed by atoms with Crippen molar-refractivity contribution in [1.29, 1.82) is 0 Å². The van der Waals surface area contributed by atoms with Crippen LogP contribution in [0.2, 0.25) is 0 Å². The van der Waals surface area contributed by atoms with Crippen molar-refractivity contribution < 1.29 is 0 Å². The molecule has 1 heteroatoms. The lowest BCUT2D eigenvalue weighted by atomic mass is 10.0. The minimum absolute atomic E-state index is 1.04. The van der Waals surface area contributed by atoms with Crippen molar-refractivity contribution in [2.24, 2.45) is 0 Å². The molecule has 0 aromatic carbocycles. The van der Waals surface area contributed by atoms with Gasteiger partial charge in [-0.1, -0.05) is 30.4 Å². The van der Waals surface area contributed by atoms with Crippen LogP contribution in [0.1, 0.15) is 13.3 Å². The maximum Gasteiger partial charge on any atom is 0.0167 e. The molecular formula is C10H15N. The van der Waals surface area contributed by atoms with E-state index in [1.807, 2.05) is 12.2 Å². The minimum Gasteiger partial charge on any atom is -0.313 e. The average Bonchev–Trinajstić information content (AvgIpc) is 2.03. The first-order valence-corrected chi connectivity index (χ1v) is 4.03. The van der Waals surface area contributed by atoms with Crippen LogP contribution in [-0.4, -0.2) is 13.1 Å². The van der Waals surface area contributed by atoms with Gasteiger partial charge >= 0.3 is 0 Å². The Labute approximate surface area is 68.5 Å². The second-order valence-electron chi connectivity index (χ2n) is 2.83. The van der Waals surface area contributed by atoms with E-state index in [-0.39, 0.29) is 0 Å². The van der Waals surface area contributed by atoms with E-state index < -0.39 is 0 Å². The summed E-state index contributed by atoms with van der Waals surface area (Å²) in [7, 11) is 0. The molecule has 1 N–H and O–H groups in total. The van der Waals surface area contributed by atoms with Crippen molar-refractivity contribution >= 4 is 0 Å². The van der Waals surface area contributed by atoms with Gasteiger partial charge in [-0.15, -0.1) is 0 Å². The van der Waals surface area contributed by atoms with E-state index in [9.17, 15) is 0 Å². The fraction of sp³-hybridized carbons (Fsp3) is 0.400. The lowest BCUT2D eigenvalue weighted by Gasteiger charge is -2.15. The maximum absolute atomic E-state index is 3.65. The molecule has 60 valence electrons. The molecule has 0 aliphatic carbocycles. The summed E-state index contributed by atoms with van der Waals surface area (Å²) in [6, 6.07) is 0. The molecule has 1 heterocycles. The van der Waals surface area contributed by atoms with E-state index in [0.29, 0.717) is 0 Å². The molecule has 0 spiro atoms. The van der Waals surface area contributed by atoms with Gasteiger partial charge in [0.05, 0.1) is 0 Å². The lowest BCUT2D eigenvalue weighted by molar-refractivity contribution is 0.686. The summed E-state index contributed by atoms with van der Waals surface area (Å²) in [5, 5.41) is 3.32. The molecule has 0 unspecified atom stereocenters. The Morgan fingerprint density at radius 1 is 1.55 bits per heavy atom. The van der Waals surface area contributed by atoms with Gasteiger partial charge in [0.2, 0.25) is 0 Å². The van der Waals surface area contributed by atoms with Crippen LogP contribution in [0.4, 0.5) is 0 Å². The average molecular weight is 149 g/mol. The largest absolute Gasteiger partial charge is 0.313 e. The summed E-state index contributed by atoms with van der Waals surface area (Å²) in [4.78, 5) is 0. The molecule has 0 aromatic heterocycles. The van der Waals surface area contributed by atoms with Gasteiger partial charge in [-0.3, -0.25) is 0 Å². The smallest absolute Gasteiger partial charge is 0.0167 e. The lowest BCUT2D eigenvalue weighted by Crippen LogP contribution is -2.23. The third kappa shape index (κ3) is 2.35. The van der Waals surface area contributed by atoms with E-state index in [4.69, 9.17) is 0 Å². The summed E-state index contributed by atoms with van der Waals surface area (Å²) < 4.78 is 0. The zero-order chi connectivity index (χ0) is 8.10. The molecular weight excluding hydrogens is 134 g/mol. The first kappa shape index (κ1) is 8.28. The molecule has 0 fully saturated rings. The van der Waals surface area contributed by atoms with Gasteiger partial charge in [0.1, 0.15) is 0 Å². The summed E-state index contributed by atoms with van der Waals surface area (Å²) >= 11 is 0. The highest BCUT2D eigenvalue weighted by atomic mass is 14.9.